The van der Waals surface area contributed by atoms with Crippen LogP contribution in [-0.4, -0.2) is 24.6 Å². The third-order valence-electron chi connectivity index (χ3n) is 3.77. The van der Waals surface area contributed by atoms with Crippen LogP contribution in [0.15, 0.2) is 65.6 Å². The predicted molar refractivity (Wildman–Crippen MR) is 102 cm³/mol. The van der Waals surface area contributed by atoms with Gasteiger partial charge in [-0.05, 0) is 41.1 Å². The molecule has 0 spiro atoms. The molecule has 0 saturated heterocycles. The zero-order chi connectivity index (χ0) is 19.2. The lowest BCUT2D eigenvalue weighted by Gasteiger charge is -2.11. The van der Waals surface area contributed by atoms with E-state index >= 15 is 0 Å². The average Bonchev–Trinajstić information content (AvgIpc) is 2.67. The number of hydrogen-bond donors (Lipinski definition) is 1. The molecule has 0 aliphatic carbocycles. The maximum atomic E-state index is 12.3. The Bertz CT molecular complexity index is 961. The number of aldehydes is 1. The quantitative estimate of drug-likeness (QED) is 0.459. The first-order chi connectivity index (χ1) is 13.1. The molecule has 27 heavy (non-hydrogen) atoms. The van der Waals surface area contributed by atoms with Gasteiger partial charge < -0.3 is 10.1 Å². The molecule has 0 atom stereocenters. The molecule has 138 valence electrons. The van der Waals surface area contributed by atoms with Crippen LogP contribution in [0.3, 0.4) is 0 Å². The second kappa shape index (κ2) is 8.64. The van der Waals surface area contributed by atoms with E-state index in [2.05, 4.69) is 5.32 Å². The van der Waals surface area contributed by atoms with E-state index in [9.17, 15) is 18.4 Å². The lowest BCUT2D eigenvalue weighted by molar-refractivity contribution is -0.118. The van der Waals surface area contributed by atoms with Crippen molar-refractivity contribution in [2.45, 2.75) is 10.7 Å². The van der Waals surface area contributed by atoms with Gasteiger partial charge in [-0.1, -0.05) is 42.1 Å². The minimum Gasteiger partial charge on any atom is -0.483 e. The van der Waals surface area contributed by atoms with Gasteiger partial charge in [0.1, 0.15) is 5.75 Å². The zero-order valence-electron chi connectivity index (χ0n) is 14.0. The van der Waals surface area contributed by atoms with Crippen LogP contribution in [0.2, 0.25) is 0 Å². The number of ether oxygens (including phenoxy) is 1. The van der Waals surface area contributed by atoms with E-state index < -0.39 is 11.7 Å². The Morgan fingerprint density at radius 2 is 1.81 bits per heavy atom. The third-order valence-corrected chi connectivity index (χ3v) is 4.49. The summed E-state index contributed by atoms with van der Waals surface area (Å²) in [6.07, 6.45) is 0.703. The Morgan fingerprint density at radius 1 is 1.07 bits per heavy atom. The van der Waals surface area contributed by atoms with Crippen molar-refractivity contribution >= 4 is 40.4 Å². The van der Waals surface area contributed by atoms with Gasteiger partial charge in [-0.15, -0.1) is 0 Å². The van der Waals surface area contributed by atoms with Crippen molar-refractivity contribution in [3.05, 3.63) is 66.2 Å². The summed E-state index contributed by atoms with van der Waals surface area (Å²) in [5, 5.41) is 4.27. The zero-order valence-corrected chi connectivity index (χ0v) is 14.8. The molecule has 0 aliphatic heterocycles. The van der Waals surface area contributed by atoms with E-state index in [1.807, 2.05) is 30.3 Å². The van der Waals surface area contributed by atoms with Gasteiger partial charge in [0, 0.05) is 10.6 Å². The average molecular weight is 387 g/mol. The molecule has 0 aliphatic rings. The van der Waals surface area contributed by atoms with Crippen LogP contribution < -0.4 is 10.1 Å². The third kappa shape index (κ3) is 4.83. The predicted octanol–water partition coefficient (Wildman–Crippen LogP) is 4.98. The lowest BCUT2D eigenvalue weighted by atomic mass is 10.0. The number of fused-ring (bicyclic) bond motifs is 1. The van der Waals surface area contributed by atoms with Crippen LogP contribution in [-0.2, 0) is 4.79 Å². The topological polar surface area (TPSA) is 55.4 Å². The molecule has 0 saturated carbocycles. The summed E-state index contributed by atoms with van der Waals surface area (Å²) < 4.78 is 30.1. The van der Waals surface area contributed by atoms with Crippen molar-refractivity contribution in [3.8, 4) is 5.75 Å². The molecule has 0 aromatic heterocycles. The molecular formula is C20H15F2NO3S. The number of alkyl halides is 2. The lowest BCUT2D eigenvalue weighted by Crippen LogP contribution is -2.20. The smallest absolute Gasteiger partial charge is 0.288 e. The highest BCUT2D eigenvalue weighted by Crippen LogP contribution is 2.27. The van der Waals surface area contributed by atoms with Gasteiger partial charge in [-0.3, -0.25) is 9.59 Å². The van der Waals surface area contributed by atoms with E-state index in [1.165, 1.54) is 24.3 Å². The number of halogens is 2. The molecule has 3 aromatic carbocycles. The Balaban J connectivity index is 1.64. The number of thioether (sulfide) groups is 1. The summed E-state index contributed by atoms with van der Waals surface area (Å²) >= 11 is 0.435. The van der Waals surface area contributed by atoms with Crippen molar-refractivity contribution in [1.29, 1.82) is 0 Å². The molecule has 0 heterocycles. The van der Waals surface area contributed by atoms with Crippen LogP contribution in [0.25, 0.3) is 10.8 Å². The fourth-order valence-electron chi connectivity index (χ4n) is 2.58. The van der Waals surface area contributed by atoms with Crippen molar-refractivity contribution < 1.29 is 23.1 Å². The normalized spacial score (nSPS) is 10.8. The minimum atomic E-state index is -2.49. The standard InChI is InChI=1S/C20H15F2NO3S/c21-20(22)27-15-8-6-14(7-9-15)23-19(25)12-26-18-10-5-13-3-1-2-4-16(13)17(18)11-24/h1-11,20H,12H2,(H,23,25). The summed E-state index contributed by atoms with van der Waals surface area (Å²) in [5.41, 5.74) is 0.852. The Morgan fingerprint density at radius 3 is 2.52 bits per heavy atom. The van der Waals surface area contributed by atoms with Gasteiger partial charge in [0.2, 0.25) is 0 Å². The second-order valence-corrected chi connectivity index (χ2v) is 6.62. The van der Waals surface area contributed by atoms with Crippen molar-refractivity contribution in [1.82, 2.24) is 0 Å². The molecule has 0 radical (unpaired) electrons. The number of anilines is 1. The van der Waals surface area contributed by atoms with Gasteiger partial charge in [0.15, 0.2) is 12.9 Å². The van der Waals surface area contributed by atoms with Crippen molar-refractivity contribution in [2.75, 3.05) is 11.9 Å². The Hall–Kier alpha value is -2.93. The fraction of sp³-hybridized carbons (Fsp3) is 0.100. The highest BCUT2D eigenvalue weighted by atomic mass is 32.2. The van der Waals surface area contributed by atoms with Gasteiger partial charge in [-0.2, -0.15) is 8.78 Å². The molecular weight excluding hydrogens is 372 g/mol. The summed E-state index contributed by atoms with van der Waals surface area (Å²) in [7, 11) is 0. The van der Waals surface area contributed by atoms with Crippen LogP contribution in [0.5, 0.6) is 5.75 Å². The minimum absolute atomic E-state index is 0.285. The monoisotopic (exact) mass is 387 g/mol. The molecule has 3 aromatic rings. The summed E-state index contributed by atoms with van der Waals surface area (Å²) in [6.45, 7) is -0.285. The molecule has 0 fully saturated rings. The second-order valence-electron chi connectivity index (χ2n) is 5.56. The first-order valence-corrected chi connectivity index (χ1v) is 8.89. The van der Waals surface area contributed by atoms with Crippen LogP contribution in [0.4, 0.5) is 14.5 Å². The van der Waals surface area contributed by atoms with E-state index in [0.29, 0.717) is 39.9 Å². The van der Waals surface area contributed by atoms with Gasteiger partial charge in [0.25, 0.3) is 11.7 Å². The maximum Gasteiger partial charge on any atom is 0.288 e. The number of carbonyl (C=O) groups excluding carboxylic acids is 2. The summed E-state index contributed by atoms with van der Waals surface area (Å²) in [6, 6.07) is 16.9. The molecule has 1 N–H and O–H groups in total. The number of nitrogens with one attached hydrogen (secondary N) is 1. The fourth-order valence-corrected chi connectivity index (χ4v) is 3.08. The SMILES string of the molecule is O=Cc1c(OCC(=O)Nc2ccc(SC(F)F)cc2)ccc2ccccc12. The highest BCUT2D eigenvalue weighted by Gasteiger charge is 2.11. The van der Waals surface area contributed by atoms with Gasteiger partial charge >= 0.3 is 0 Å². The number of benzene rings is 3. The van der Waals surface area contributed by atoms with Gasteiger partial charge in [-0.25, -0.2) is 0 Å². The Labute approximate surface area is 158 Å². The first kappa shape index (κ1) is 18.8. The molecule has 7 heteroatoms. The number of hydrogen-bond acceptors (Lipinski definition) is 4. The molecule has 1 amide bonds. The number of amides is 1. The van der Waals surface area contributed by atoms with E-state index in [1.54, 1.807) is 6.07 Å². The van der Waals surface area contributed by atoms with Crippen molar-refractivity contribution in [3.63, 3.8) is 0 Å². The van der Waals surface area contributed by atoms with E-state index in [4.69, 9.17) is 4.74 Å². The molecule has 3 rings (SSSR count). The molecule has 0 bridgehead atoms. The first-order valence-electron chi connectivity index (χ1n) is 8.01. The highest BCUT2D eigenvalue weighted by molar-refractivity contribution is 7.99. The van der Waals surface area contributed by atoms with E-state index in [0.717, 1.165) is 10.8 Å². The van der Waals surface area contributed by atoms with Crippen LogP contribution in [0, 0.1) is 0 Å². The maximum absolute atomic E-state index is 12.3. The largest absolute Gasteiger partial charge is 0.483 e. The Kier molecular flexibility index (Phi) is 6.03. The number of rotatable bonds is 7. The van der Waals surface area contributed by atoms with Crippen molar-refractivity contribution in [2.24, 2.45) is 0 Å². The summed E-state index contributed by atoms with van der Waals surface area (Å²) in [5.74, 6) is -2.59. The van der Waals surface area contributed by atoms with Gasteiger partial charge in [0.05, 0.1) is 5.56 Å². The summed E-state index contributed by atoms with van der Waals surface area (Å²) in [4.78, 5) is 23.9. The number of carbonyl (C=O) groups is 2. The van der Waals surface area contributed by atoms with Crippen LogP contribution in [0.1, 0.15) is 10.4 Å². The molecule has 4 nitrogen and oxygen atoms in total. The van der Waals surface area contributed by atoms with E-state index in [-0.39, 0.29) is 6.61 Å². The van der Waals surface area contributed by atoms with Crippen LogP contribution >= 0.6 is 11.8 Å². The molecule has 0 unspecified atom stereocenters.